The first-order valence-electron chi connectivity index (χ1n) is 5.40. The van der Waals surface area contributed by atoms with Crippen molar-refractivity contribution in [3.05, 3.63) is 45.4 Å². The largest absolute Gasteiger partial charge is 0.336 e. The molecule has 1 unspecified atom stereocenters. The van der Waals surface area contributed by atoms with E-state index in [1.807, 2.05) is 0 Å². The molecule has 0 bridgehead atoms. The van der Waals surface area contributed by atoms with E-state index in [0.717, 1.165) is 4.47 Å². The van der Waals surface area contributed by atoms with Crippen molar-refractivity contribution in [1.29, 1.82) is 0 Å². The molecule has 1 atom stereocenters. The molecule has 0 aliphatic carbocycles. The van der Waals surface area contributed by atoms with Gasteiger partial charge in [0, 0.05) is 30.2 Å². The van der Waals surface area contributed by atoms with Gasteiger partial charge >= 0.3 is 0 Å². The summed E-state index contributed by atoms with van der Waals surface area (Å²) in [5.74, 6) is 0.532. The summed E-state index contributed by atoms with van der Waals surface area (Å²) in [6.07, 6.45) is 4.80. The fourth-order valence-electron chi connectivity index (χ4n) is 1.52. The van der Waals surface area contributed by atoms with Crippen LogP contribution in [0.1, 0.15) is 0 Å². The number of hydrogen-bond acceptors (Lipinski definition) is 4. The Morgan fingerprint density at radius 1 is 1.42 bits per heavy atom. The second-order valence-electron chi connectivity index (χ2n) is 3.95. The number of rotatable bonds is 3. The predicted octanol–water partition coefficient (Wildman–Crippen LogP) is 2.02. The molecule has 0 saturated carbocycles. The minimum Gasteiger partial charge on any atom is -0.336 e. The van der Waals surface area contributed by atoms with Gasteiger partial charge in [0.2, 0.25) is 0 Å². The fraction of sp³-hybridized carbons (Fsp3) is 0.167. The molecule has 0 aromatic carbocycles. The Morgan fingerprint density at radius 3 is 2.74 bits per heavy atom. The molecule has 2 heterocycles. The van der Waals surface area contributed by atoms with Crippen LogP contribution in [0.2, 0.25) is 0 Å². The van der Waals surface area contributed by atoms with Crippen molar-refractivity contribution < 1.29 is 4.21 Å². The van der Waals surface area contributed by atoms with Crippen molar-refractivity contribution in [2.24, 2.45) is 7.05 Å². The minimum absolute atomic E-state index is 0.145. The molecule has 0 aliphatic heterocycles. The number of pyridine rings is 2. The maximum atomic E-state index is 11.9. The zero-order valence-corrected chi connectivity index (χ0v) is 12.8. The summed E-state index contributed by atoms with van der Waals surface area (Å²) >= 11 is 3.33. The highest BCUT2D eigenvalue weighted by Crippen LogP contribution is 2.16. The van der Waals surface area contributed by atoms with Crippen LogP contribution in [0.3, 0.4) is 0 Å². The van der Waals surface area contributed by atoms with Gasteiger partial charge in [0.05, 0.1) is 15.7 Å². The third kappa shape index (κ3) is 3.30. The number of anilines is 2. The average Bonchev–Trinajstić information content (AvgIpc) is 2.36. The molecule has 0 saturated heterocycles. The van der Waals surface area contributed by atoms with E-state index in [1.54, 1.807) is 37.7 Å². The van der Waals surface area contributed by atoms with E-state index in [4.69, 9.17) is 0 Å². The molecule has 2 aromatic rings. The second-order valence-corrected chi connectivity index (χ2v) is 6.24. The van der Waals surface area contributed by atoms with Crippen molar-refractivity contribution in [3.63, 3.8) is 0 Å². The Bertz CT molecular complexity index is 682. The summed E-state index contributed by atoms with van der Waals surface area (Å²) in [5, 5.41) is 2.95. The number of halogens is 1. The quantitative estimate of drug-likeness (QED) is 0.927. The van der Waals surface area contributed by atoms with Crippen molar-refractivity contribution in [2.45, 2.75) is 4.90 Å². The summed E-state index contributed by atoms with van der Waals surface area (Å²) in [7, 11) is 0.617. The average molecular weight is 342 g/mol. The van der Waals surface area contributed by atoms with Crippen LogP contribution in [-0.2, 0) is 17.8 Å². The highest BCUT2D eigenvalue weighted by Gasteiger charge is 2.05. The molecule has 0 aliphatic rings. The summed E-state index contributed by atoms with van der Waals surface area (Å²) in [6.45, 7) is 0. The minimum atomic E-state index is -1.06. The standard InChI is InChI=1S/C12H12BrN3O2S/c1-16-7-8(13)5-10(12(16)17)15-11-4-3-9(6-14-11)19(2)18/h3-7H,1-2H3,(H,14,15). The van der Waals surface area contributed by atoms with E-state index in [9.17, 15) is 9.00 Å². The number of hydrogen-bond donors (Lipinski definition) is 1. The van der Waals surface area contributed by atoms with E-state index in [2.05, 4.69) is 26.2 Å². The van der Waals surface area contributed by atoms with Crippen LogP contribution in [0.15, 0.2) is 44.8 Å². The Kier molecular flexibility index (Phi) is 4.16. The molecule has 100 valence electrons. The Morgan fingerprint density at radius 2 is 2.16 bits per heavy atom. The van der Waals surface area contributed by atoms with Gasteiger partial charge in [-0.25, -0.2) is 4.98 Å². The van der Waals surface area contributed by atoms with Gasteiger partial charge in [-0.3, -0.25) is 9.00 Å². The lowest BCUT2D eigenvalue weighted by Crippen LogP contribution is -2.19. The second kappa shape index (κ2) is 5.66. The maximum Gasteiger partial charge on any atom is 0.274 e. The van der Waals surface area contributed by atoms with Crippen LogP contribution < -0.4 is 10.9 Å². The molecular weight excluding hydrogens is 330 g/mol. The van der Waals surface area contributed by atoms with Gasteiger partial charge in [-0.15, -0.1) is 0 Å². The van der Waals surface area contributed by atoms with Gasteiger partial charge in [-0.05, 0) is 34.1 Å². The SMILES string of the molecule is Cn1cc(Br)cc(Nc2ccc(S(C)=O)cn2)c1=O. The molecule has 19 heavy (non-hydrogen) atoms. The van der Waals surface area contributed by atoms with Gasteiger partial charge in [0.25, 0.3) is 5.56 Å². The van der Waals surface area contributed by atoms with Gasteiger partial charge in [-0.1, -0.05) is 0 Å². The summed E-state index contributed by atoms with van der Waals surface area (Å²) in [6, 6.07) is 5.10. The van der Waals surface area contributed by atoms with Gasteiger partial charge in [0.1, 0.15) is 11.5 Å². The van der Waals surface area contributed by atoms with E-state index in [1.165, 1.54) is 10.8 Å². The predicted molar refractivity (Wildman–Crippen MR) is 79.2 cm³/mol. The van der Waals surface area contributed by atoms with Crippen molar-refractivity contribution in [3.8, 4) is 0 Å². The molecule has 5 nitrogen and oxygen atoms in total. The van der Waals surface area contributed by atoms with Crippen LogP contribution in [0, 0.1) is 0 Å². The lowest BCUT2D eigenvalue weighted by Gasteiger charge is -2.07. The van der Waals surface area contributed by atoms with Gasteiger partial charge in [0.15, 0.2) is 0 Å². The van der Waals surface area contributed by atoms with Gasteiger partial charge in [-0.2, -0.15) is 0 Å². The molecular formula is C12H12BrN3O2S. The first-order valence-corrected chi connectivity index (χ1v) is 7.75. The van der Waals surface area contributed by atoms with E-state index >= 15 is 0 Å². The first kappa shape index (κ1) is 14.0. The topological polar surface area (TPSA) is 64.0 Å². The highest BCUT2D eigenvalue weighted by molar-refractivity contribution is 9.10. The smallest absolute Gasteiger partial charge is 0.274 e. The Hall–Kier alpha value is -1.47. The lowest BCUT2D eigenvalue weighted by atomic mass is 10.4. The molecule has 2 rings (SSSR count). The monoisotopic (exact) mass is 341 g/mol. The third-order valence-corrected chi connectivity index (χ3v) is 3.82. The normalized spacial score (nSPS) is 12.2. The molecule has 1 N–H and O–H groups in total. The Labute approximate surface area is 121 Å². The number of aromatic nitrogens is 2. The first-order chi connectivity index (χ1) is 8.97. The van der Waals surface area contributed by atoms with Crippen molar-refractivity contribution in [1.82, 2.24) is 9.55 Å². The summed E-state index contributed by atoms with van der Waals surface area (Å²) < 4.78 is 13.5. The van der Waals surface area contributed by atoms with Crippen LogP contribution in [0.5, 0.6) is 0 Å². The van der Waals surface area contributed by atoms with Crippen LogP contribution in [-0.4, -0.2) is 20.0 Å². The fourth-order valence-corrected chi connectivity index (χ4v) is 2.52. The zero-order chi connectivity index (χ0) is 14.0. The van der Waals surface area contributed by atoms with Crippen molar-refractivity contribution >= 4 is 38.2 Å². The van der Waals surface area contributed by atoms with E-state index in [-0.39, 0.29) is 5.56 Å². The number of nitrogens with one attached hydrogen (secondary N) is 1. The third-order valence-electron chi connectivity index (χ3n) is 2.48. The number of nitrogens with zero attached hydrogens (tertiary/aromatic N) is 2. The van der Waals surface area contributed by atoms with Crippen LogP contribution in [0.25, 0.3) is 0 Å². The van der Waals surface area contributed by atoms with Crippen LogP contribution in [0.4, 0.5) is 11.5 Å². The van der Waals surface area contributed by atoms with E-state index in [0.29, 0.717) is 16.4 Å². The molecule has 7 heteroatoms. The summed E-state index contributed by atoms with van der Waals surface area (Å²) in [4.78, 5) is 16.7. The highest BCUT2D eigenvalue weighted by atomic mass is 79.9. The van der Waals surface area contributed by atoms with Crippen LogP contribution >= 0.6 is 15.9 Å². The molecule has 0 amide bonds. The zero-order valence-electron chi connectivity index (χ0n) is 10.4. The van der Waals surface area contributed by atoms with Crippen molar-refractivity contribution in [2.75, 3.05) is 11.6 Å². The number of aryl methyl sites for hydroxylation is 1. The Balaban J connectivity index is 2.31. The molecule has 0 spiro atoms. The molecule has 0 fully saturated rings. The van der Waals surface area contributed by atoms with Gasteiger partial charge < -0.3 is 9.88 Å². The lowest BCUT2D eigenvalue weighted by molar-refractivity contribution is 0.686. The summed E-state index contributed by atoms with van der Waals surface area (Å²) in [5.41, 5.74) is 0.280. The molecule has 2 aromatic heterocycles. The van der Waals surface area contributed by atoms with E-state index < -0.39 is 10.8 Å². The molecule has 0 radical (unpaired) electrons. The maximum absolute atomic E-state index is 11.9.